The van der Waals surface area contributed by atoms with Gasteiger partial charge in [-0.2, -0.15) is 0 Å². The van der Waals surface area contributed by atoms with Crippen LogP contribution in [0.3, 0.4) is 0 Å². The molecule has 0 amide bonds. The molecule has 10 aromatic carbocycles. The van der Waals surface area contributed by atoms with Crippen molar-refractivity contribution in [3.63, 3.8) is 0 Å². The fourth-order valence-electron chi connectivity index (χ4n) is 11.1. The zero-order valence-corrected chi connectivity index (χ0v) is 34.6. The lowest BCUT2D eigenvalue weighted by Gasteiger charge is -2.42. The number of hydrogen-bond acceptors (Lipinski definition) is 1. The van der Waals surface area contributed by atoms with E-state index in [9.17, 15) is 0 Å². The number of nitrogens with zero attached hydrogens (tertiary/aromatic N) is 1. The quantitative estimate of drug-likeness (QED) is 0.148. The topological polar surface area (TPSA) is 3.24 Å². The zero-order chi connectivity index (χ0) is 41.5. The molecule has 4 aliphatic carbocycles. The second-order valence-corrected chi connectivity index (χ2v) is 17.1. The summed E-state index contributed by atoms with van der Waals surface area (Å²) < 4.78 is 0. The molecule has 63 heavy (non-hydrogen) atoms. The Labute approximate surface area is 368 Å². The van der Waals surface area contributed by atoms with E-state index in [1.165, 1.54) is 94.6 Å². The van der Waals surface area contributed by atoms with Crippen molar-refractivity contribution in [1.29, 1.82) is 0 Å². The molecule has 10 aromatic rings. The first-order valence-electron chi connectivity index (χ1n) is 22.0. The zero-order valence-electron chi connectivity index (χ0n) is 34.6. The van der Waals surface area contributed by atoms with E-state index in [2.05, 4.69) is 248 Å². The Bertz CT molecular complexity index is 3350. The molecule has 2 unspecified atom stereocenters. The van der Waals surface area contributed by atoms with Crippen LogP contribution in [0.25, 0.3) is 55.6 Å². The third kappa shape index (κ3) is 5.43. The molecule has 0 saturated carbocycles. The van der Waals surface area contributed by atoms with Gasteiger partial charge in [0, 0.05) is 23.0 Å². The Morgan fingerprint density at radius 3 is 1.38 bits per heavy atom. The van der Waals surface area contributed by atoms with Crippen molar-refractivity contribution in [2.45, 2.75) is 11.3 Å². The normalized spacial score (nSPS) is 15.8. The minimum absolute atomic E-state index is 0.179. The molecule has 1 spiro atoms. The highest BCUT2D eigenvalue weighted by molar-refractivity contribution is 5.96. The van der Waals surface area contributed by atoms with Gasteiger partial charge in [0.2, 0.25) is 0 Å². The summed E-state index contributed by atoms with van der Waals surface area (Å²) in [4.78, 5) is 2.40. The summed E-state index contributed by atoms with van der Waals surface area (Å²) in [5.74, 6) is 0.179. The summed E-state index contributed by atoms with van der Waals surface area (Å²) in [6.45, 7) is 0. The molecule has 0 heterocycles. The monoisotopic (exact) mass is 799 g/mol. The van der Waals surface area contributed by atoms with Gasteiger partial charge in [0.1, 0.15) is 0 Å². The molecular formula is C62H41N. The van der Waals surface area contributed by atoms with Gasteiger partial charge in [-0.3, -0.25) is 0 Å². The first kappa shape index (κ1) is 35.7. The van der Waals surface area contributed by atoms with E-state index in [0.717, 1.165) is 17.1 Å². The number of anilines is 3. The molecule has 2 atom stereocenters. The largest absolute Gasteiger partial charge is 0.310 e. The van der Waals surface area contributed by atoms with Gasteiger partial charge in [-0.1, -0.05) is 206 Å². The first-order valence-corrected chi connectivity index (χ1v) is 22.0. The van der Waals surface area contributed by atoms with Gasteiger partial charge in [-0.15, -0.1) is 0 Å². The average molecular weight is 800 g/mol. The second-order valence-electron chi connectivity index (χ2n) is 17.1. The molecule has 0 saturated heterocycles. The lowest BCUT2D eigenvalue weighted by molar-refractivity contribution is 0.745. The van der Waals surface area contributed by atoms with Crippen LogP contribution in [0.4, 0.5) is 17.1 Å². The Kier molecular flexibility index (Phi) is 7.95. The van der Waals surface area contributed by atoms with Gasteiger partial charge in [0.25, 0.3) is 0 Å². The van der Waals surface area contributed by atoms with Gasteiger partial charge in [-0.25, -0.2) is 0 Å². The highest BCUT2D eigenvalue weighted by Crippen LogP contribution is 2.73. The van der Waals surface area contributed by atoms with E-state index in [1.807, 2.05) is 0 Å². The molecule has 14 rings (SSSR count). The van der Waals surface area contributed by atoms with Gasteiger partial charge < -0.3 is 4.90 Å². The fraction of sp³-hybridized carbons (Fsp3) is 0.0323. The summed E-state index contributed by atoms with van der Waals surface area (Å²) in [5.41, 5.74) is 25.8. The Hall–Kier alpha value is -8.00. The number of benzene rings is 10. The van der Waals surface area contributed by atoms with Gasteiger partial charge in [-0.05, 0) is 131 Å². The number of rotatable bonds is 8. The van der Waals surface area contributed by atoms with Gasteiger partial charge in [0.15, 0.2) is 0 Å². The van der Waals surface area contributed by atoms with Crippen molar-refractivity contribution in [3.05, 3.63) is 282 Å². The molecule has 2 bridgehead atoms. The Balaban J connectivity index is 0.935. The maximum absolute atomic E-state index is 2.40. The SMILES string of the molecule is c1ccc(-c2ccc(-c3cccc(N(c4ccc(-c5ccccc5)cc4)c4ccc(-c5ccc(-c6ccccc6)c6c5C5c7ccccc7C67c6cccc5c67)cc4)c3)cc2)cc1. The third-order valence-corrected chi connectivity index (χ3v) is 13.9. The molecule has 1 nitrogen and oxygen atoms in total. The molecule has 0 N–H and O–H groups in total. The van der Waals surface area contributed by atoms with Crippen LogP contribution in [-0.2, 0) is 5.41 Å². The molecule has 0 radical (unpaired) electrons. The maximum atomic E-state index is 2.40. The number of hydrogen-bond donors (Lipinski definition) is 0. The average Bonchev–Trinajstić information content (AvgIpc) is 4.05. The fourth-order valence-corrected chi connectivity index (χ4v) is 11.1. The highest BCUT2D eigenvalue weighted by atomic mass is 15.1. The van der Waals surface area contributed by atoms with Crippen molar-refractivity contribution in [2.24, 2.45) is 0 Å². The van der Waals surface area contributed by atoms with Crippen LogP contribution in [-0.4, -0.2) is 0 Å². The van der Waals surface area contributed by atoms with E-state index in [0.29, 0.717) is 0 Å². The molecule has 4 aliphatic rings. The van der Waals surface area contributed by atoms with Gasteiger partial charge in [0.05, 0.1) is 5.41 Å². The van der Waals surface area contributed by atoms with Crippen molar-refractivity contribution >= 4 is 17.1 Å². The summed E-state index contributed by atoms with van der Waals surface area (Å²) in [6.07, 6.45) is 0. The summed E-state index contributed by atoms with van der Waals surface area (Å²) in [7, 11) is 0. The van der Waals surface area contributed by atoms with Gasteiger partial charge >= 0.3 is 0 Å². The van der Waals surface area contributed by atoms with E-state index in [4.69, 9.17) is 0 Å². The van der Waals surface area contributed by atoms with Crippen molar-refractivity contribution in [2.75, 3.05) is 4.90 Å². The van der Waals surface area contributed by atoms with Crippen molar-refractivity contribution in [3.8, 4) is 55.6 Å². The van der Waals surface area contributed by atoms with Crippen LogP contribution in [0.2, 0.25) is 0 Å². The molecule has 1 heteroatoms. The molecule has 0 fully saturated rings. The minimum atomic E-state index is -0.198. The third-order valence-electron chi connectivity index (χ3n) is 13.9. The standard InChI is InChI=1S/C62H41N/c1-4-14-41(15-5-1)43-26-28-45(29-27-43)48-20-12-21-51(40-48)63(49-34-30-44(31-35-49)42-16-6-2-7-17-42)50-36-32-47(33-37-50)52-38-39-53(46-18-8-3-9-19-46)61-59(52)58-54-22-10-11-24-56(54)62(61)57-25-13-23-55(58)60(57)62/h1-40,58H. The van der Waals surface area contributed by atoms with Crippen LogP contribution < -0.4 is 4.90 Å². The Morgan fingerprint density at radius 2 is 0.730 bits per heavy atom. The smallest absolute Gasteiger partial charge is 0.0723 e. The van der Waals surface area contributed by atoms with Crippen molar-refractivity contribution in [1.82, 2.24) is 0 Å². The van der Waals surface area contributed by atoms with Crippen LogP contribution >= 0.6 is 0 Å². The first-order chi connectivity index (χ1) is 31.3. The predicted octanol–water partition coefficient (Wildman–Crippen LogP) is 16.0. The minimum Gasteiger partial charge on any atom is -0.310 e. The summed E-state index contributed by atoms with van der Waals surface area (Å²) in [5, 5.41) is 0. The lowest BCUT2D eigenvalue weighted by Crippen LogP contribution is -2.31. The molecule has 0 aromatic heterocycles. The van der Waals surface area contributed by atoms with E-state index in [-0.39, 0.29) is 11.3 Å². The maximum Gasteiger partial charge on any atom is 0.0723 e. The van der Waals surface area contributed by atoms with Crippen molar-refractivity contribution < 1.29 is 0 Å². The van der Waals surface area contributed by atoms with E-state index < -0.39 is 0 Å². The lowest BCUT2D eigenvalue weighted by atomic mass is 9.59. The highest BCUT2D eigenvalue weighted by Gasteiger charge is 2.64. The van der Waals surface area contributed by atoms with Crippen LogP contribution in [0, 0.1) is 0 Å². The summed E-state index contributed by atoms with van der Waals surface area (Å²) in [6, 6.07) is 89.5. The van der Waals surface area contributed by atoms with E-state index in [1.54, 1.807) is 0 Å². The predicted molar refractivity (Wildman–Crippen MR) is 261 cm³/mol. The molecular weight excluding hydrogens is 759 g/mol. The van der Waals surface area contributed by atoms with Crippen LogP contribution in [0.5, 0.6) is 0 Å². The second kappa shape index (κ2) is 14.0. The summed E-state index contributed by atoms with van der Waals surface area (Å²) >= 11 is 0. The van der Waals surface area contributed by atoms with E-state index >= 15 is 0 Å². The Morgan fingerprint density at radius 1 is 0.286 bits per heavy atom. The van der Waals surface area contributed by atoms with Crippen LogP contribution in [0.1, 0.15) is 44.9 Å². The molecule has 0 aliphatic heterocycles. The molecule has 294 valence electrons. The van der Waals surface area contributed by atoms with Crippen LogP contribution in [0.15, 0.2) is 243 Å².